The van der Waals surface area contributed by atoms with E-state index in [4.69, 9.17) is 4.55 Å². The van der Waals surface area contributed by atoms with Gasteiger partial charge in [-0.3, -0.25) is 14.6 Å². The molecule has 11 nitrogen and oxygen atoms in total. The zero-order valence-corrected chi connectivity index (χ0v) is 14.4. The van der Waals surface area contributed by atoms with Crippen molar-refractivity contribution in [1.29, 1.82) is 0 Å². The Morgan fingerprint density at radius 1 is 1.32 bits per heavy atom. The average molecular weight is 378 g/mol. The summed E-state index contributed by atoms with van der Waals surface area (Å²) in [4.78, 5) is 26.0. The number of hydrogen-bond acceptors (Lipinski definition) is 7. The lowest BCUT2D eigenvalue weighted by Crippen LogP contribution is -2.53. The molecule has 0 aliphatic carbocycles. The molecular weight excluding hydrogens is 356 g/mol. The highest BCUT2D eigenvalue weighted by Gasteiger charge is 2.50. The molecule has 3 aliphatic heterocycles. The average Bonchev–Trinajstić information content (AvgIpc) is 2.79. The first-order valence-electron chi connectivity index (χ1n) is 8.27. The highest BCUT2D eigenvalue weighted by atomic mass is 32.3. The van der Waals surface area contributed by atoms with E-state index in [2.05, 4.69) is 9.60 Å². The first-order valence-corrected chi connectivity index (χ1v) is 9.63. The maximum Gasteiger partial charge on any atom is 0.418 e. The molecule has 3 rings (SSSR count). The number of fused-ring (bicyclic) bond motifs is 2. The second-order valence-corrected chi connectivity index (χ2v) is 7.58. The molecule has 3 saturated heterocycles. The van der Waals surface area contributed by atoms with Gasteiger partial charge in [0.2, 0.25) is 0 Å². The number of rotatable bonds is 5. The summed E-state index contributed by atoms with van der Waals surface area (Å²) in [7, 11) is -4.83. The van der Waals surface area contributed by atoms with E-state index in [1.54, 1.807) is 0 Å². The van der Waals surface area contributed by atoms with Crippen molar-refractivity contribution < 1.29 is 32.1 Å². The van der Waals surface area contributed by atoms with Crippen molar-refractivity contribution in [2.45, 2.75) is 50.2 Å². The van der Waals surface area contributed by atoms with Gasteiger partial charge in [-0.1, -0.05) is 6.42 Å². The molecule has 0 saturated carbocycles. The van der Waals surface area contributed by atoms with Gasteiger partial charge in [-0.25, -0.2) is 9.86 Å². The van der Waals surface area contributed by atoms with Crippen LogP contribution in [0.1, 0.15) is 32.1 Å². The zero-order chi connectivity index (χ0) is 18.2. The van der Waals surface area contributed by atoms with Crippen LogP contribution in [-0.4, -0.2) is 82.9 Å². The van der Waals surface area contributed by atoms with Crippen LogP contribution in [0.3, 0.4) is 0 Å². The number of amides is 3. The molecule has 2 unspecified atom stereocenters. The summed E-state index contributed by atoms with van der Waals surface area (Å²) in [6.45, 7) is 1.07. The van der Waals surface area contributed by atoms with Gasteiger partial charge in [0.25, 0.3) is 5.91 Å². The van der Waals surface area contributed by atoms with E-state index < -0.39 is 34.4 Å². The Morgan fingerprint density at radius 3 is 2.72 bits per heavy atom. The minimum atomic E-state index is -4.83. The SMILES string of the molecule is O=C(C1CCC2CN1C(=O)N2OS(=O)(=O)O)N(O)C[C@H]1CCCCN1. The molecular formula is C13H22N4O7S. The molecule has 3 aliphatic rings. The second-order valence-electron chi connectivity index (χ2n) is 6.58. The van der Waals surface area contributed by atoms with Gasteiger partial charge in [-0.2, -0.15) is 13.5 Å². The Kier molecular flexibility index (Phi) is 5.16. The maximum absolute atomic E-state index is 12.5. The normalized spacial score (nSPS) is 29.8. The highest BCUT2D eigenvalue weighted by molar-refractivity contribution is 7.80. The number of carbonyl (C=O) groups excluding carboxylic acids is 2. The third-order valence-electron chi connectivity index (χ3n) is 4.84. The number of piperidine rings is 2. The van der Waals surface area contributed by atoms with Crippen LogP contribution in [0.25, 0.3) is 0 Å². The Labute approximate surface area is 145 Å². The largest absolute Gasteiger partial charge is 0.418 e. The quantitative estimate of drug-likeness (QED) is 0.326. The molecule has 25 heavy (non-hydrogen) atoms. The third kappa shape index (κ3) is 4.03. The molecule has 0 radical (unpaired) electrons. The first kappa shape index (κ1) is 18.3. The van der Waals surface area contributed by atoms with E-state index in [-0.39, 0.29) is 25.6 Å². The Morgan fingerprint density at radius 2 is 2.08 bits per heavy atom. The summed E-state index contributed by atoms with van der Waals surface area (Å²) in [5, 5.41) is 14.5. The van der Waals surface area contributed by atoms with Gasteiger partial charge < -0.3 is 10.2 Å². The van der Waals surface area contributed by atoms with Gasteiger partial charge in [-0.05, 0) is 32.2 Å². The van der Waals surface area contributed by atoms with Crippen LogP contribution in [0.5, 0.6) is 0 Å². The van der Waals surface area contributed by atoms with Crippen LogP contribution in [0, 0.1) is 0 Å². The smallest absolute Gasteiger partial charge is 0.312 e. The van der Waals surface area contributed by atoms with Crippen LogP contribution >= 0.6 is 0 Å². The zero-order valence-electron chi connectivity index (χ0n) is 13.6. The molecule has 3 heterocycles. The topological polar surface area (TPSA) is 140 Å². The van der Waals surface area contributed by atoms with Gasteiger partial charge in [0.1, 0.15) is 6.04 Å². The minimum Gasteiger partial charge on any atom is -0.312 e. The van der Waals surface area contributed by atoms with Crippen LogP contribution < -0.4 is 5.32 Å². The molecule has 2 bridgehead atoms. The molecule has 12 heteroatoms. The predicted molar refractivity (Wildman–Crippen MR) is 82.5 cm³/mol. The summed E-state index contributed by atoms with van der Waals surface area (Å²) >= 11 is 0. The van der Waals surface area contributed by atoms with E-state index >= 15 is 0 Å². The van der Waals surface area contributed by atoms with Crippen molar-refractivity contribution in [3.63, 3.8) is 0 Å². The summed E-state index contributed by atoms with van der Waals surface area (Å²) in [6, 6.07) is -2.26. The standard InChI is InChI=1S/C13H22N4O7S/c18-12(16(20)7-9-3-1-2-6-14-9)11-5-4-10-8-15(11)13(19)17(10)24-25(21,22)23/h9-11,14,20H,1-8H2,(H,21,22,23)/t9-,10?,11?/m1/s1. The van der Waals surface area contributed by atoms with Gasteiger partial charge in [0.15, 0.2) is 0 Å². The monoisotopic (exact) mass is 378 g/mol. The Bertz CT molecular complexity index is 636. The van der Waals surface area contributed by atoms with Crippen molar-refractivity contribution in [3.05, 3.63) is 0 Å². The number of hydroxylamine groups is 4. The fourth-order valence-electron chi connectivity index (χ4n) is 3.64. The van der Waals surface area contributed by atoms with Crippen LogP contribution in [0.4, 0.5) is 4.79 Å². The summed E-state index contributed by atoms with van der Waals surface area (Å²) < 4.78 is 34.8. The molecule has 3 N–H and O–H groups in total. The minimum absolute atomic E-state index is 0.00711. The predicted octanol–water partition coefficient (Wildman–Crippen LogP) is -0.651. The Balaban J connectivity index is 1.63. The lowest BCUT2D eigenvalue weighted by Gasteiger charge is -2.33. The van der Waals surface area contributed by atoms with Crippen LogP contribution in [-0.2, 0) is 19.5 Å². The van der Waals surface area contributed by atoms with Gasteiger partial charge in [0.05, 0.1) is 12.6 Å². The van der Waals surface area contributed by atoms with Crippen LogP contribution in [0.2, 0.25) is 0 Å². The third-order valence-corrected chi connectivity index (χ3v) is 5.19. The maximum atomic E-state index is 12.5. The number of nitrogens with one attached hydrogen (secondary N) is 1. The summed E-state index contributed by atoms with van der Waals surface area (Å²) in [5.74, 6) is -0.604. The van der Waals surface area contributed by atoms with Crippen molar-refractivity contribution in [3.8, 4) is 0 Å². The molecule has 0 spiro atoms. The molecule has 0 aromatic carbocycles. The Hall–Kier alpha value is -1.47. The second kappa shape index (κ2) is 7.03. The lowest BCUT2D eigenvalue weighted by atomic mass is 9.99. The van der Waals surface area contributed by atoms with Crippen molar-refractivity contribution in [2.75, 3.05) is 19.6 Å². The van der Waals surface area contributed by atoms with E-state index in [1.807, 2.05) is 0 Å². The van der Waals surface area contributed by atoms with Crippen LogP contribution in [0.15, 0.2) is 0 Å². The number of urea groups is 1. The summed E-state index contributed by atoms with van der Waals surface area (Å²) in [6.07, 6.45) is 3.54. The fraction of sp³-hybridized carbons (Fsp3) is 0.846. The summed E-state index contributed by atoms with van der Waals surface area (Å²) in [5.41, 5.74) is 0. The number of hydrogen-bond donors (Lipinski definition) is 3. The highest BCUT2D eigenvalue weighted by Crippen LogP contribution is 2.31. The molecule has 3 fully saturated rings. The van der Waals surface area contributed by atoms with Gasteiger partial charge in [0, 0.05) is 12.6 Å². The fourth-order valence-corrected chi connectivity index (χ4v) is 4.03. The molecule has 142 valence electrons. The molecule has 0 aromatic rings. The van der Waals surface area contributed by atoms with E-state index in [0.29, 0.717) is 16.5 Å². The number of carbonyl (C=O) groups is 2. The van der Waals surface area contributed by atoms with Crippen molar-refractivity contribution in [1.82, 2.24) is 20.3 Å². The number of nitrogens with zero attached hydrogens (tertiary/aromatic N) is 3. The van der Waals surface area contributed by atoms with Gasteiger partial charge >= 0.3 is 16.4 Å². The molecule has 3 atom stereocenters. The van der Waals surface area contributed by atoms with E-state index in [1.165, 1.54) is 4.90 Å². The van der Waals surface area contributed by atoms with Crippen molar-refractivity contribution in [2.24, 2.45) is 0 Å². The van der Waals surface area contributed by atoms with Gasteiger partial charge in [-0.15, -0.1) is 4.28 Å². The molecule has 0 aromatic heterocycles. The van der Waals surface area contributed by atoms with E-state index in [9.17, 15) is 23.2 Å². The van der Waals surface area contributed by atoms with Crippen molar-refractivity contribution >= 4 is 22.3 Å². The lowest BCUT2D eigenvalue weighted by molar-refractivity contribution is -0.172. The first-order chi connectivity index (χ1) is 11.8. The molecule has 3 amide bonds. The van der Waals surface area contributed by atoms with E-state index in [0.717, 1.165) is 25.8 Å².